The van der Waals surface area contributed by atoms with Crippen molar-refractivity contribution in [1.29, 1.82) is 0 Å². The molecule has 0 heterocycles. The summed E-state index contributed by atoms with van der Waals surface area (Å²) in [5, 5.41) is 3.62. The van der Waals surface area contributed by atoms with E-state index in [2.05, 4.69) is 92.0 Å². The van der Waals surface area contributed by atoms with E-state index < -0.39 is 0 Å². The Morgan fingerprint density at radius 2 is 1.59 bits per heavy atom. The number of nitrogens with one attached hydrogen (secondary N) is 1. The number of rotatable bonds is 9. The Morgan fingerprint density at radius 3 is 2.41 bits per heavy atom. The SMILES string of the molecule is Cc1ccccc1COc1cccc(CN[C@@H](C)CCc2ccccc2)c1. The van der Waals surface area contributed by atoms with Crippen LogP contribution in [0.25, 0.3) is 0 Å². The van der Waals surface area contributed by atoms with Gasteiger partial charge in [-0.3, -0.25) is 0 Å². The lowest BCUT2D eigenvalue weighted by Crippen LogP contribution is -2.25. The van der Waals surface area contributed by atoms with Crippen LogP contribution in [0.5, 0.6) is 5.75 Å². The molecule has 140 valence electrons. The van der Waals surface area contributed by atoms with Crippen LogP contribution in [0, 0.1) is 6.92 Å². The van der Waals surface area contributed by atoms with Crippen molar-refractivity contribution in [3.8, 4) is 5.75 Å². The number of aryl methyl sites for hydroxylation is 2. The first-order valence-electron chi connectivity index (χ1n) is 9.74. The molecule has 1 atom stereocenters. The molecule has 0 spiro atoms. The van der Waals surface area contributed by atoms with E-state index in [-0.39, 0.29) is 0 Å². The first kappa shape index (κ1) is 19.2. The highest BCUT2D eigenvalue weighted by Gasteiger charge is 2.04. The molecule has 0 aromatic heterocycles. The molecule has 0 aliphatic rings. The van der Waals surface area contributed by atoms with Crippen molar-refractivity contribution in [3.05, 3.63) is 101 Å². The van der Waals surface area contributed by atoms with E-state index in [4.69, 9.17) is 4.74 Å². The minimum absolute atomic E-state index is 0.474. The zero-order chi connectivity index (χ0) is 18.9. The van der Waals surface area contributed by atoms with E-state index in [9.17, 15) is 0 Å². The van der Waals surface area contributed by atoms with Gasteiger partial charge in [0.1, 0.15) is 12.4 Å². The Balaban J connectivity index is 1.46. The number of ether oxygens (including phenoxy) is 1. The molecular formula is C25H29NO. The summed E-state index contributed by atoms with van der Waals surface area (Å²) in [6.45, 7) is 5.84. The maximum atomic E-state index is 6.00. The van der Waals surface area contributed by atoms with Gasteiger partial charge in [0, 0.05) is 12.6 Å². The van der Waals surface area contributed by atoms with Gasteiger partial charge in [-0.05, 0) is 61.1 Å². The van der Waals surface area contributed by atoms with E-state index >= 15 is 0 Å². The van der Waals surface area contributed by atoms with Crippen molar-refractivity contribution in [2.75, 3.05) is 0 Å². The van der Waals surface area contributed by atoms with Crippen LogP contribution in [0.2, 0.25) is 0 Å². The highest BCUT2D eigenvalue weighted by molar-refractivity contribution is 5.30. The van der Waals surface area contributed by atoms with E-state index in [0.29, 0.717) is 12.6 Å². The second-order valence-corrected chi connectivity index (χ2v) is 7.17. The molecule has 0 amide bonds. The van der Waals surface area contributed by atoms with E-state index in [1.807, 2.05) is 6.07 Å². The summed E-state index contributed by atoms with van der Waals surface area (Å²) < 4.78 is 6.00. The summed E-state index contributed by atoms with van der Waals surface area (Å²) in [6.07, 6.45) is 2.24. The molecule has 0 radical (unpaired) electrons. The molecule has 0 aliphatic heterocycles. The van der Waals surface area contributed by atoms with Crippen LogP contribution in [0.15, 0.2) is 78.9 Å². The molecule has 1 N–H and O–H groups in total. The summed E-state index contributed by atoms with van der Waals surface area (Å²) in [4.78, 5) is 0. The summed E-state index contributed by atoms with van der Waals surface area (Å²) in [5.41, 5.74) is 5.15. The van der Waals surface area contributed by atoms with Crippen molar-refractivity contribution in [2.45, 2.75) is 45.9 Å². The molecule has 2 nitrogen and oxygen atoms in total. The fourth-order valence-electron chi connectivity index (χ4n) is 3.10. The van der Waals surface area contributed by atoms with Crippen molar-refractivity contribution in [1.82, 2.24) is 5.32 Å². The van der Waals surface area contributed by atoms with Crippen LogP contribution in [0.1, 0.15) is 35.6 Å². The minimum Gasteiger partial charge on any atom is -0.489 e. The van der Waals surface area contributed by atoms with Gasteiger partial charge in [0.15, 0.2) is 0 Å². The molecule has 3 aromatic rings. The molecule has 3 aromatic carbocycles. The van der Waals surface area contributed by atoms with Crippen molar-refractivity contribution in [3.63, 3.8) is 0 Å². The molecule has 0 unspecified atom stereocenters. The highest BCUT2D eigenvalue weighted by Crippen LogP contribution is 2.17. The first-order chi connectivity index (χ1) is 13.2. The normalized spacial score (nSPS) is 11.9. The Kier molecular flexibility index (Phi) is 7.06. The second-order valence-electron chi connectivity index (χ2n) is 7.17. The highest BCUT2D eigenvalue weighted by atomic mass is 16.5. The van der Waals surface area contributed by atoms with Gasteiger partial charge >= 0.3 is 0 Å². The van der Waals surface area contributed by atoms with E-state index in [1.54, 1.807) is 0 Å². The van der Waals surface area contributed by atoms with Gasteiger partial charge in [0.05, 0.1) is 0 Å². The summed E-state index contributed by atoms with van der Waals surface area (Å²) in [6, 6.07) is 27.9. The summed E-state index contributed by atoms with van der Waals surface area (Å²) >= 11 is 0. The van der Waals surface area contributed by atoms with E-state index in [1.165, 1.54) is 22.3 Å². The first-order valence-corrected chi connectivity index (χ1v) is 9.74. The third kappa shape index (κ3) is 6.26. The standard InChI is InChI=1S/C25H29NO/c1-20-9-6-7-13-24(20)19-27-25-14-8-12-23(17-25)18-26-21(2)15-16-22-10-4-3-5-11-22/h3-14,17,21,26H,15-16,18-19H2,1-2H3/t21-/m0/s1. The topological polar surface area (TPSA) is 21.3 Å². The third-order valence-corrected chi connectivity index (χ3v) is 4.92. The zero-order valence-electron chi connectivity index (χ0n) is 16.3. The lowest BCUT2D eigenvalue weighted by atomic mass is 10.1. The Hall–Kier alpha value is -2.58. The van der Waals surface area contributed by atoms with Gasteiger partial charge < -0.3 is 10.1 Å². The number of benzene rings is 3. The molecule has 0 aliphatic carbocycles. The smallest absolute Gasteiger partial charge is 0.120 e. The van der Waals surface area contributed by atoms with Crippen LogP contribution in [-0.2, 0) is 19.6 Å². The van der Waals surface area contributed by atoms with Crippen LogP contribution in [0.4, 0.5) is 0 Å². The predicted octanol–water partition coefficient (Wildman–Crippen LogP) is 5.68. The monoisotopic (exact) mass is 359 g/mol. The fraction of sp³-hybridized carbons (Fsp3) is 0.280. The molecule has 2 heteroatoms. The van der Waals surface area contributed by atoms with Crippen molar-refractivity contribution in [2.24, 2.45) is 0 Å². The van der Waals surface area contributed by atoms with Crippen molar-refractivity contribution < 1.29 is 4.74 Å². The molecule has 0 saturated heterocycles. The maximum absolute atomic E-state index is 6.00. The van der Waals surface area contributed by atoms with Crippen LogP contribution in [0.3, 0.4) is 0 Å². The van der Waals surface area contributed by atoms with Gasteiger partial charge in [-0.1, -0.05) is 66.7 Å². The third-order valence-electron chi connectivity index (χ3n) is 4.92. The second kappa shape index (κ2) is 9.94. The zero-order valence-corrected chi connectivity index (χ0v) is 16.3. The molecule has 27 heavy (non-hydrogen) atoms. The molecular weight excluding hydrogens is 330 g/mol. The fourth-order valence-corrected chi connectivity index (χ4v) is 3.10. The lowest BCUT2D eigenvalue weighted by Gasteiger charge is -2.15. The molecule has 0 saturated carbocycles. The van der Waals surface area contributed by atoms with Gasteiger partial charge in [0.2, 0.25) is 0 Å². The molecule has 0 fully saturated rings. The predicted molar refractivity (Wildman–Crippen MR) is 113 cm³/mol. The average molecular weight is 360 g/mol. The molecule has 0 bridgehead atoms. The van der Waals surface area contributed by atoms with Gasteiger partial charge in [-0.2, -0.15) is 0 Å². The largest absolute Gasteiger partial charge is 0.489 e. The molecule has 3 rings (SSSR count). The lowest BCUT2D eigenvalue weighted by molar-refractivity contribution is 0.305. The van der Waals surface area contributed by atoms with Crippen LogP contribution < -0.4 is 10.1 Å². The summed E-state index contributed by atoms with van der Waals surface area (Å²) in [5.74, 6) is 0.925. The maximum Gasteiger partial charge on any atom is 0.120 e. The summed E-state index contributed by atoms with van der Waals surface area (Å²) in [7, 11) is 0. The number of hydrogen-bond donors (Lipinski definition) is 1. The Morgan fingerprint density at radius 1 is 0.852 bits per heavy atom. The van der Waals surface area contributed by atoms with Gasteiger partial charge in [-0.15, -0.1) is 0 Å². The quantitative estimate of drug-likeness (QED) is 0.530. The van der Waals surface area contributed by atoms with E-state index in [0.717, 1.165) is 25.1 Å². The van der Waals surface area contributed by atoms with Crippen LogP contribution in [-0.4, -0.2) is 6.04 Å². The minimum atomic E-state index is 0.474. The Bertz CT molecular complexity index is 828. The average Bonchev–Trinajstić information content (AvgIpc) is 2.71. The van der Waals surface area contributed by atoms with Gasteiger partial charge in [0.25, 0.3) is 0 Å². The number of hydrogen-bond acceptors (Lipinski definition) is 2. The van der Waals surface area contributed by atoms with Crippen molar-refractivity contribution >= 4 is 0 Å². The Labute approximate surface area is 163 Å². The van der Waals surface area contributed by atoms with Crippen LogP contribution >= 0.6 is 0 Å². The van der Waals surface area contributed by atoms with Gasteiger partial charge in [-0.25, -0.2) is 0 Å².